The Labute approximate surface area is 129 Å². The van der Waals surface area contributed by atoms with Crippen molar-refractivity contribution in [3.8, 4) is 0 Å². The van der Waals surface area contributed by atoms with E-state index in [-0.39, 0.29) is 17.5 Å². The minimum absolute atomic E-state index is 0.172. The van der Waals surface area contributed by atoms with Gasteiger partial charge in [-0.2, -0.15) is 0 Å². The molecular weight excluding hydrogens is 306 g/mol. The molecule has 1 aromatic heterocycles. The van der Waals surface area contributed by atoms with E-state index in [1.54, 1.807) is 19.1 Å². The lowest BCUT2D eigenvalue weighted by molar-refractivity contribution is 0.280. The Morgan fingerprint density at radius 3 is 2.57 bits per heavy atom. The zero-order valence-electron chi connectivity index (χ0n) is 12.3. The number of aliphatic hydroxyl groups excluding tert-OH is 1. The van der Waals surface area contributed by atoms with Crippen molar-refractivity contribution >= 4 is 21.4 Å². The van der Waals surface area contributed by atoms with Crippen LogP contribution in [0, 0.1) is 13.8 Å². The predicted octanol–water partition coefficient (Wildman–Crippen LogP) is 2.90. The Bertz CT molecular complexity index is 722. The van der Waals surface area contributed by atoms with Gasteiger partial charge in [0.15, 0.2) is 0 Å². The Hall–Kier alpha value is -1.21. The molecule has 0 aliphatic carbocycles. The van der Waals surface area contributed by atoms with E-state index in [4.69, 9.17) is 0 Å². The second-order valence-corrected chi connectivity index (χ2v) is 7.72. The number of nitrogens with one attached hydrogen (secondary N) is 1. The van der Waals surface area contributed by atoms with E-state index >= 15 is 0 Å². The van der Waals surface area contributed by atoms with Crippen molar-refractivity contribution in [2.24, 2.45) is 0 Å². The minimum Gasteiger partial charge on any atom is -0.392 e. The molecule has 1 unspecified atom stereocenters. The van der Waals surface area contributed by atoms with Gasteiger partial charge in [0.25, 0.3) is 0 Å². The molecule has 0 aliphatic rings. The van der Waals surface area contributed by atoms with Crippen molar-refractivity contribution in [2.45, 2.75) is 38.3 Å². The van der Waals surface area contributed by atoms with Gasteiger partial charge in [-0.25, -0.2) is 13.1 Å². The molecule has 6 heteroatoms. The summed E-state index contributed by atoms with van der Waals surface area (Å²) in [4.78, 5) is 1.19. The Balaban J connectivity index is 2.36. The van der Waals surface area contributed by atoms with Crippen LogP contribution in [0.3, 0.4) is 0 Å². The number of aryl methyl sites for hydroxylation is 2. The molecular formula is C15H19NO3S2. The maximum atomic E-state index is 12.5. The molecule has 0 spiro atoms. The van der Waals surface area contributed by atoms with Crippen molar-refractivity contribution in [1.29, 1.82) is 0 Å². The number of thiophene rings is 1. The van der Waals surface area contributed by atoms with Gasteiger partial charge in [0.1, 0.15) is 0 Å². The van der Waals surface area contributed by atoms with E-state index in [0.29, 0.717) is 11.1 Å². The summed E-state index contributed by atoms with van der Waals surface area (Å²) in [6, 6.07) is 6.85. The third-order valence-electron chi connectivity index (χ3n) is 3.40. The third-order valence-corrected chi connectivity index (χ3v) is 6.13. The highest BCUT2D eigenvalue weighted by Gasteiger charge is 2.21. The van der Waals surface area contributed by atoms with E-state index in [0.717, 1.165) is 10.4 Å². The molecule has 0 amide bonds. The SMILES string of the molecule is Cc1cc(C)c(S(=O)(=O)NC(C)c2cccs2)cc1CO. The first kappa shape index (κ1) is 16.2. The smallest absolute Gasteiger partial charge is 0.241 e. The molecule has 0 bridgehead atoms. The Kier molecular flexibility index (Phi) is 4.83. The summed E-state index contributed by atoms with van der Waals surface area (Å²) in [6.07, 6.45) is 0. The highest BCUT2D eigenvalue weighted by molar-refractivity contribution is 7.89. The standard InChI is InChI=1S/C15H19NO3S2/c1-10-7-11(2)15(8-13(10)9-17)21(18,19)16-12(3)14-5-4-6-20-14/h4-8,12,16-17H,9H2,1-3H3. The maximum Gasteiger partial charge on any atom is 0.241 e. The predicted molar refractivity (Wildman–Crippen MR) is 84.9 cm³/mol. The van der Waals surface area contributed by atoms with E-state index in [2.05, 4.69) is 4.72 Å². The van der Waals surface area contributed by atoms with Gasteiger partial charge in [0.2, 0.25) is 10.0 Å². The summed E-state index contributed by atoms with van der Waals surface area (Å²) < 4.78 is 27.8. The summed E-state index contributed by atoms with van der Waals surface area (Å²) in [7, 11) is -3.62. The normalized spacial score (nSPS) is 13.3. The molecule has 114 valence electrons. The molecule has 1 aromatic carbocycles. The minimum atomic E-state index is -3.62. The average Bonchev–Trinajstić information content (AvgIpc) is 2.91. The zero-order chi connectivity index (χ0) is 15.6. The van der Waals surface area contributed by atoms with E-state index < -0.39 is 10.0 Å². The van der Waals surface area contributed by atoms with Crippen molar-refractivity contribution < 1.29 is 13.5 Å². The van der Waals surface area contributed by atoms with Crippen LogP contribution < -0.4 is 4.72 Å². The molecule has 4 nitrogen and oxygen atoms in total. The fourth-order valence-corrected chi connectivity index (χ4v) is 4.53. The largest absolute Gasteiger partial charge is 0.392 e. The first-order valence-corrected chi connectivity index (χ1v) is 8.98. The van der Waals surface area contributed by atoms with Gasteiger partial charge >= 0.3 is 0 Å². The van der Waals surface area contributed by atoms with Crippen LogP contribution in [0.5, 0.6) is 0 Å². The molecule has 0 radical (unpaired) electrons. The van der Waals surface area contributed by atoms with Crippen LogP contribution in [0.2, 0.25) is 0 Å². The Morgan fingerprint density at radius 2 is 2.00 bits per heavy atom. The third kappa shape index (κ3) is 3.52. The molecule has 0 saturated carbocycles. The molecule has 2 N–H and O–H groups in total. The lowest BCUT2D eigenvalue weighted by Gasteiger charge is -2.16. The van der Waals surface area contributed by atoms with Gasteiger partial charge in [0, 0.05) is 4.88 Å². The summed E-state index contributed by atoms with van der Waals surface area (Å²) in [5.41, 5.74) is 2.19. The van der Waals surface area contributed by atoms with Gasteiger partial charge in [-0.3, -0.25) is 0 Å². The number of hydrogen-bond donors (Lipinski definition) is 2. The topological polar surface area (TPSA) is 66.4 Å². The molecule has 0 aliphatic heterocycles. The van der Waals surface area contributed by atoms with Crippen molar-refractivity contribution in [2.75, 3.05) is 0 Å². The van der Waals surface area contributed by atoms with Crippen LogP contribution in [-0.4, -0.2) is 13.5 Å². The summed E-state index contributed by atoms with van der Waals surface area (Å²) in [5.74, 6) is 0. The quantitative estimate of drug-likeness (QED) is 0.888. The van der Waals surface area contributed by atoms with Crippen LogP contribution in [0.15, 0.2) is 34.5 Å². The van der Waals surface area contributed by atoms with E-state index in [1.807, 2.05) is 31.4 Å². The fourth-order valence-electron chi connectivity index (χ4n) is 2.23. The Morgan fingerprint density at radius 1 is 1.29 bits per heavy atom. The second kappa shape index (κ2) is 6.27. The van der Waals surface area contributed by atoms with Crippen molar-refractivity contribution in [3.05, 3.63) is 51.2 Å². The van der Waals surface area contributed by atoms with Crippen LogP contribution in [0.4, 0.5) is 0 Å². The van der Waals surface area contributed by atoms with Gasteiger partial charge in [-0.05, 0) is 55.0 Å². The number of aliphatic hydroxyl groups is 1. The second-order valence-electron chi connectivity index (χ2n) is 5.06. The molecule has 2 aromatic rings. The molecule has 0 fully saturated rings. The van der Waals surface area contributed by atoms with Crippen molar-refractivity contribution in [1.82, 2.24) is 4.72 Å². The number of benzene rings is 1. The van der Waals surface area contributed by atoms with Gasteiger partial charge in [-0.15, -0.1) is 11.3 Å². The lowest BCUT2D eigenvalue weighted by atomic mass is 10.1. The summed E-state index contributed by atoms with van der Waals surface area (Å²) >= 11 is 1.51. The van der Waals surface area contributed by atoms with E-state index in [1.165, 1.54) is 11.3 Å². The van der Waals surface area contributed by atoms with Crippen LogP contribution in [-0.2, 0) is 16.6 Å². The molecule has 1 atom stereocenters. The molecule has 1 heterocycles. The van der Waals surface area contributed by atoms with Gasteiger partial charge in [0.05, 0.1) is 17.5 Å². The molecule has 0 saturated heterocycles. The first-order valence-electron chi connectivity index (χ1n) is 6.62. The number of hydrogen-bond acceptors (Lipinski definition) is 4. The monoisotopic (exact) mass is 325 g/mol. The number of sulfonamides is 1. The van der Waals surface area contributed by atoms with Crippen LogP contribution >= 0.6 is 11.3 Å². The van der Waals surface area contributed by atoms with E-state index in [9.17, 15) is 13.5 Å². The van der Waals surface area contributed by atoms with Gasteiger partial charge in [-0.1, -0.05) is 12.1 Å². The first-order chi connectivity index (χ1) is 9.85. The van der Waals surface area contributed by atoms with Crippen LogP contribution in [0.25, 0.3) is 0 Å². The number of rotatable bonds is 5. The van der Waals surface area contributed by atoms with Gasteiger partial charge < -0.3 is 5.11 Å². The zero-order valence-corrected chi connectivity index (χ0v) is 13.9. The average molecular weight is 325 g/mol. The summed E-state index contributed by atoms with van der Waals surface area (Å²) in [5, 5.41) is 11.2. The summed E-state index contributed by atoms with van der Waals surface area (Å²) in [6.45, 7) is 5.27. The highest BCUT2D eigenvalue weighted by Crippen LogP contribution is 2.24. The van der Waals surface area contributed by atoms with Crippen molar-refractivity contribution in [3.63, 3.8) is 0 Å². The maximum absolute atomic E-state index is 12.5. The molecule has 21 heavy (non-hydrogen) atoms. The highest BCUT2D eigenvalue weighted by atomic mass is 32.2. The fraction of sp³-hybridized carbons (Fsp3) is 0.333. The lowest BCUT2D eigenvalue weighted by Crippen LogP contribution is -2.27. The van der Waals surface area contributed by atoms with Crippen LogP contribution in [0.1, 0.15) is 34.5 Å². The molecule has 2 rings (SSSR count).